The van der Waals surface area contributed by atoms with Gasteiger partial charge in [0.05, 0.1) is 12.1 Å². The molecular formula is C23H30N4O2. The molecule has 0 aliphatic carbocycles. The van der Waals surface area contributed by atoms with E-state index in [2.05, 4.69) is 22.4 Å². The number of pyridine rings is 1. The largest absolute Gasteiger partial charge is 0.350 e. The Labute approximate surface area is 172 Å². The second-order valence-electron chi connectivity index (χ2n) is 7.91. The maximum absolute atomic E-state index is 13.0. The summed E-state index contributed by atoms with van der Waals surface area (Å²) in [6, 6.07) is 7.68. The summed E-state index contributed by atoms with van der Waals surface area (Å²) in [5.41, 5.74) is 4.64. The van der Waals surface area contributed by atoms with Crippen molar-refractivity contribution in [1.29, 1.82) is 0 Å². The molecule has 3 rings (SSSR count). The summed E-state index contributed by atoms with van der Waals surface area (Å²) in [5.74, 6) is 0.394. The monoisotopic (exact) mass is 394 g/mol. The highest BCUT2D eigenvalue weighted by molar-refractivity contribution is 6.00. The van der Waals surface area contributed by atoms with Crippen LogP contribution in [0, 0.1) is 20.8 Å². The molecule has 1 aromatic heterocycles. The van der Waals surface area contributed by atoms with Crippen LogP contribution in [0.25, 0.3) is 0 Å². The lowest BCUT2D eigenvalue weighted by Gasteiger charge is -2.28. The van der Waals surface area contributed by atoms with Crippen molar-refractivity contribution in [1.82, 2.24) is 9.88 Å². The van der Waals surface area contributed by atoms with Crippen molar-refractivity contribution in [3.63, 3.8) is 0 Å². The average molecular weight is 395 g/mol. The zero-order valence-electron chi connectivity index (χ0n) is 17.8. The number of likely N-dealkylation sites (N-methyl/N-ethyl adjacent to an activating group) is 1. The maximum atomic E-state index is 13.0. The number of likely N-dealkylation sites (tertiary alicyclic amines) is 1. The van der Waals surface area contributed by atoms with Crippen molar-refractivity contribution >= 4 is 23.3 Å². The predicted octanol–water partition coefficient (Wildman–Crippen LogP) is 3.71. The third kappa shape index (κ3) is 4.94. The van der Waals surface area contributed by atoms with Crippen LogP contribution in [-0.4, -0.2) is 48.4 Å². The zero-order chi connectivity index (χ0) is 21.0. The van der Waals surface area contributed by atoms with Gasteiger partial charge in [0.15, 0.2) is 0 Å². The Morgan fingerprint density at radius 1 is 1.10 bits per heavy atom. The Morgan fingerprint density at radius 2 is 1.76 bits per heavy atom. The number of benzene rings is 1. The summed E-state index contributed by atoms with van der Waals surface area (Å²) in [7, 11) is 1.80. The number of carbonyl (C=O) groups excluding carboxylic acids is 2. The van der Waals surface area contributed by atoms with E-state index >= 15 is 0 Å². The van der Waals surface area contributed by atoms with E-state index in [9.17, 15) is 9.59 Å². The van der Waals surface area contributed by atoms with Gasteiger partial charge in [-0.05, 0) is 63.3 Å². The second-order valence-corrected chi connectivity index (χ2v) is 7.91. The first-order valence-corrected chi connectivity index (χ1v) is 10.2. The fourth-order valence-corrected chi connectivity index (χ4v) is 3.98. The number of anilines is 2. The van der Waals surface area contributed by atoms with Crippen molar-refractivity contribution in [3.8, 4) is 0 Å². The third-order valence-corrected chi connectivity index (χ3v) is 5.34. The molecule has 0 atom stereocenters. The number of hydrogen-bond donors (Lipinski definition) is 1. The van der Waals surface area contributed by atoms with Crippen LogP contribution in [0.5, 0.6) is 0 Å². The van der Waals surface area contributed by atoms with Crippen LogP contribution in [0.2, 0.25) is 0 Å². The van der Waals surface area contributed by atoms with E-state index in [-0.39, 0.29) is 18.4 Å². The molecule has 0 saturated carbocycles. The summed E-state index contributed by atoms with van der Waals surface area (Å²) in [6.45, 7) is 7.71. The Hall–Kier alpha value is -2.89. The average Bonchev–Trinajstić information content (AvgIpc) is 2.70. The molecule has 0 unspecified atom stereocenters. The van der Waals surface area contributed by atoms with Crippen LogP contribution >= 0.6 is 0 Å². The summed E-state index contributed by atoms with van der Waals surface area (Å²) < 4.78 is 0. The van der Waals surface area contributed by atoms with Gasteiger partial charge >= 0.3 is 0 Å². The van der Waals surface area contributed by atoms with Gasteiger partial charge in [-0.15, -0.1) is 0 Å². The number of piperidine rings is 1. The summed E-state index contributed by atoms with van der Waals surface area (Å²) in [4.78, 5) is 33.7. The molecule has 1 N–H and O–H groups in total. The SMILES string of the molecule is Cc1cc(C)c(NC(=O)CN(C)c2ncccc2C(=O)N2CCCCC2)c(C)c1. The zero-order valence-corrected chi connectivity index (χ0v) is 17.8. The molecule has 1 aromatic carbocycles. The van der Waals surface area contributed by atoms with Crippen molar-refractivity contribution < 1.29 is 9.59 Å². The lowest BCUT2D eigenvalue weighted by atomic mass is 10.1. The van der Waals surface area contributed by atoms with E-state index in [0.29, 0.717) is 11.4 Å². The number of amides is 2. The molecule has 0 radical (unpaired) electrons. The number of carbonyl (C=O) groups is 2. The molecule has 0 spiro atoms. The lowest BCUT2D eigenvalue weighted by molar-refractivity contribution is -0.114. The maximum Gasteiger partial charge on any atom is 0.257 e. The van der Waals surface area contributed by atoms with E-state index in [1.165, 1.54) is 12.0 Å². The number of rotatable bonds is 5. The minimum atomic E-state index is -0.135. The van der Waals surface area contributed by atoms with Gasteiger partial charge in [0.25, 0.3) is 5.91 Å². The minimum Gasteiger partial charge on any atom is -0.350 e. The highest BCUT2D eigenvalue weighted by Gasteiger charge is 2.23. The molecule has 1 aliphatic rings. The number of nitrogens with one attached hydrogen (secondary N) is 1. The summed E-state index contributed by atoms with van der Waals surface area (Å²) >= 11 is 0. The van der Waals surface area contributed by atoms with E-state index in [4.69, 9.17) is 0 Å². The molecule has 1 fully saturated rings. The molecule has 6 nitrogen and oxygen atoms in total. The van der Waals surface area contributed by atoms with Crippen LogP contribution in [0.4, 0.5) is 11.5 Å². The molecule has 0 bridgehead atoms. The van der Waals surface area contributed by atoms with E-state index in [1.54, 1.807) is 30.3 Å². The number of hydrogen-bond acceptors (Lipinski definition) is 4. The van der Waals surface area contributed by atoms with E-state index < -0.39 is 0 Å². The Balaban J connectivity index is 1.73. The number of nitrogens with zero attached hydrogens (tertiary/aromatic N) is 3. The lowest BCUT2D eigenvalue weighted by Crippen LogP contribution is -2.37. The number of aryl methyl sites for hydroxylation is 3. The quantitative estimate of drug-likeness (QED) is 0.840. The Bertz CT molecular complexity index is 880. The number of aromatic nitrogens is 1. The van der Waals surface area contributed by atoms with Gasteiger partial charge in [0.1, 0.15) is 5.82 Å². The van der Waals surface area contributed by atoms with Gasteiger partial charge in [-0.2, -0.15) is 0 Å². The molecule has 154 valence electrons. The van der Waals surface area contributed by atoms with E-state index in [1.807, 2.05) is 25.7 Å². The van der Waals surface area contributed by atoms with Crippen molar-refractivity contribution in [3.05, 3.63) is 52.7 Å². The van der Waals surface area contributed by atoms with Crippen molar-refractivity contribution in [2.24, 2.45) is 0 Å². The van der Waals surface area contributed by atoms with Gasteiger partial charge in [-0.25, -0.2) is 4.98 Å². The fourth-order valence-electron chi connectivity index (χ4n) is 3.98. The summed E-state index contributed by atoms with van der Waals surface area (Å²) in [5, 5.41) is 3.01. The highest BCUT2D eigenvalue weighted by Crippen LogP contribution is 2.23. The molecular weight excluding hydrogens is 364 g/mol. The molecule has 2 amide bonds. The first kappa shape index (κ1) is 20.8. The van der Waals surface area contributed by atoms with Crippen molar-refractivity contribution in [2.75, 3.05) is 36.9 Å². The second kappa shape index (κ2) is 9.07. The van der Waals surface area contributed by atoms with Gasteiger partial charge < -0.3 is 15.1 Å². The van der Waals surface area contributed by atoms with Gasteiger partial charge in [0, 0.05) is 32.0 Å². The molecule has 2 aromatic rings. The predicted molar refractivity (Wildman–Crippen MR) is 117 cm³/mol. The van der Waals surface area contributed by atoms with Gasteiger partial charge in [-0.3, -0.25) is 9.59 Å². The molecule has 6 heteroatoms. The van der Waals surface area contributed by atoms with Gasteiger partial charge in [0.2, 0.25) is 5.91 Å². The highest BCUT2D eigenvalue weighted by atomic mass is 16.2. The molecule has 2 heterocycles. The van der Waals surface area contributed by atoms with Crippen molar-refractivity contribution in [2.45, 2.75) is 40.0 Å². The van der Waals surface area contributed by atoms with Crippen LogP contribution < -0.4 is 10.2 Å². The van der Waals surface area contributed by atoms with Gasteiger partial charge in [-0.1, -0.05) is 17.7 Å². The smallest absolute Gasteiger partial charge is 0.257 e. The van der Waals surface area contributed by atoms with Crippen LogP contribution in [0.1, 0.15) is 46.3 Å². The normalized spacial score (nSPS) is 13.9. The standard InChI is InChI=1S/C23H30N4O2/c1-16-13-17(2)21(18(3)14-16)25-20(28)15-26(4)22-19(9-8-10-24-22)23(29)27-11-6-5-7-12-27/h8-10,13-14H,5-7,11-12,15H2,1-4H3,(H,25,28). The fraction of sp³-hybridized carbons (Fsp3) is 0.435. The molecule has 1 aliphatic heterocycles. The third-order valence-electron chi connectivity index (χ3n) is 5.34. The van der Waals surface area contributed by atoms with Crippen LogP contribution in [0.15, 0.2) is 30.5 Å². The first-order chi connectivity index (χ1) is 13.9. The Morgan fingerprint density at radius 3 is 2.41 bits per heavy atom. The van der Waals surface area contributed by atoms with Crippen LogP contribution in [0.3, 0.4) is 0 Å². The summed E-state index contributed by atoms with van der Waals surface area (Å²) in [6.07, 6.45) is 4.90. The minimum absolute atomic E-state index is 0.00900. The topological polar surface area (TPSA) is 65.5 Å². The molecule has 29 heavy (non-hydrogen) atoms. The van der Waals surface area contributed by atoms with Crippen LogP contribution in [-0.2, 0) is 4.79 Å². The Kier molecular flexibility index (Phi) is 6.52. The molecule has 1 saturated heterocycles. The first-order valence-electron chi connectivity index (χ1n) is 10.2. The van der Waals surface area contributed by atoms with E-state index in [0.717, 1.165) is 42.7 Å².